The first-order chi connectivity index (χ1) is 14.6. The van der Waals surface area contributed by atoms with Gasteiger partial charge in [-0.1, -0.05) is 26.2 Å². The average molecular weight is 430 g/mol. The lowest BCUT2D eigenvalue weighted by Crippen LogP contribution is -2.40. The molecule has 1 aliphatic heterocycles. The highest BCUT2D eigenvalue weighted by atomic mass is 32.1. The Morgan fingerprint density at radius 2 is 1.83 bits per heavy atom. The monoisotopic (exact) mass is 429 g/mol. The van der Waals surface area contributed by atoms with Crippen LogP contribution in [-0.4, -0.2) is 40.2 Å². The fourth-order valence-corrected chi connectivity index (χ4v) is 7.00. The number of aromatic amines is 1. The molecule has 0 radical (unpaired) electrons. The number of hydrogen-bond donors (Lipinski definition) is 1. The number of likely N-dealkylation sites (tertiary alicyclic amines) is 1. The van der Waals surface area contributed by atoms with Crippen molar-refractivity contribution in [3.8, 4) is 0 Å². The molecule has 2 aromatic heterocycles. The second-order valence-corrected chi connectivity index (χ2v) is 10.9. The minimum atomic E-state index is 0.0596. The first kappa shape index (κ1) is 20.7. The molecule has 6 heteroatoms. The number of nitrogens with zero attached hydrogens (tertiary/aromatic N) is 2. The van der Waals surface area contributed by atoms with Crippen molar-refractivity contribution in [1.82, 2.24) is 14.9 Å². The van der Waals surface area contributed by atoms with Gasteiger partial charge in [-0.15, -0.1) is 11.3 Å². The van der Waals surface area contributed by atoms with Crippen LogP contribution in [0.3, 0.4) is 0 Å². The van der Waals surface area contributed by atoms with Gasteiger partial charge in [-0.05, 0) is 63.4 Å². The van der Waals surface area contributed by atoms with Crippen LogP contribution in [0.25, 0.3) is 10.2 Å². The Kier molecular flexibility index (Phi) is 6.00. The Balaban J connectivity index is 1.27. The Bertz CT molecular complexity index is 938. The fourth-order valence-electron chi connectivity index (χ4n) is 5.61. The standard InChI is InChI=1S/C24H35N3O2S/c1-15-8-9-19-20(14-15)30-24-21(19)23(28)25-22(26-24)16(2)27-12-10-18(11-13-27)29-17-6-4-3-5-7-17/h15-18H,3-14H2,1-2H3,(H,25,26,28). The first-order valence-corrected chi connectivity index (χ1v) is 12.8. The van der Waals surface area contributed by atoms with Crippen LogP contribution in [-0.2, 0) is 17.6 Å². The van der Waals surface area contributed by atoms with Gasteiger partial charge in [0.15, 0.2) is 0 Å². The average Bonchev–Trinajstić information content (AvgIpc) is 3.12. The molecule has 2 atom stereocenters. The van der Waals surface area contributed by atoms with Crippen LogP contribution < -0.4 is 5.56 Å². The van der Waals surface area contributed by atoms with Crippen molar-refractivity contribution in [2.24, 2.45) is 5.92 Å². The largest absolute Gasteiger partial charge is 0.375 e. The topological polar surface area (TPSA) is 58.2 Å². The van der Waals surface area contributed by atoms with Gasteiger partial charge in [0.05, 0.1) is 23.6 Å². The summed E-state index contributed by atoms with van der Waals surface area (Å²) in [5, 5.41) is 0.859. The lowest BCUT2D eigenvalue weighted by molar-refractivity contribution is -0.0599. The summed E-state index contributed by atoms with van der Waals surface area (Å²) in [5.41, 5.74) is 1.33. The molecule has 0 spiro atoms. The molecule has 3 aliphatic rings. The van der Waals surface area contributed by atoms with E-state index in [9.17, 15) is 4.79 Å². The molecule has 2 aliphatic carbocycles. The molecule has 3 heterocycles. The molecule has 1 saturated carbocycles. The van der Waals surface area contributed by atoms with Crippen molar-refractivity contribution >= 4 is 21.6 Å². The summed E-state index contributed by atoms with van der Waals surface area (Å²) in [6, 6.07) is 0.135. The number of H-pyrrole nitrogens is 1. The van der Waals surface area contributed by atoms with Crippen LogP contribution in [0.2, 0.25) is 0 Å². The van der Waals surface area contributed by atoms with Gasteiger partial charge in [0, 0.05) is 18.0 Å². The molecule has 2 fully saturated rings. The molecular formula is C24H35N3O2S. The van der Waals surface area contributed by atoms with E-state index < -0.39 is 0 Å². The zero-order valence-electron chi connectivity index (χ0n) is 18.4. The normalized spacial score (nSPS) is 25.5. The van der Waals surface area contributed by atoms with Crippen molar-refractivity contribution < 1.29 is 4.74 Å². The highest BCUT2D eigenvalue weighted by molar-refractivity contribution is 7.18. The second kappa shape index (κ2) is 8.71. The van der Waals surface area contributed by atoms with E-state index in [-0.39, 0.29) is 11.6 Å². The predicted octanol–water partition coefficient (Wildman–Crippen LogP) is 4.98. The van der Waals surface area contributed by atoms with Crippen LogP contribution in [0.4, 0.5) is 0 Å². The summed E-state index contributed by atoms with van der Waals surface area (Å²) < 4.78 is 6.40. The summed E-state index contributed by atoms with van der Waals surface area (Å²) in [4.78, 5) is 25.8. The third kappa shape index (κ3) is 4.11. The number of fused-ring (bicyclic) bond motifs is 3. The maximum absolute atomic E-state index is 12.9. The van der Waals surface area contributed by atoms with Crippen molar-refractivity contribution in [2.45, 2.75) is 96.3 Å². The molecule has 2 unspecified atom stereocenters. The maximum Gasteiger partial charge on any atom is 0.259 e. The fraction of sp³-hybridized carbons (Fsp3) is 0.750. The highest BCUT2D eigenvalue weighted by Crippen LogP contribution is 2.36. The van der Waals surface area contributed by atoms with Crippen LogP contribution >= 0.6 is 11.3 Å². The van der Waals surface area contributed by atoms with Gasteiger partial charge >= 0.3 is 0 Å². The van der Waals surface area contributed by atoms with Crippen LogP contribution in [0.1, 0.15) is 87.5 Å². The van der Waals surface area contributed by atoms with E-state index in [1.54, 1.807) is 11.3 Å². The van der Waals surface area contributed by atoms with Gasteiger partial charge < -0.3 is 9.72 Å². The van der Waals surface area contributed by atoms with Crippen molar-refractivity contribution in [3.63, 3.8) is 0 Å². The van der Waals surface area contributed by atoms with E-state index >= 15 is 0 Å². The molecule has 2 aromatic rings. The minimum Gasteiger partial charge on any atom is -0.375 e. The summed E-state index contributed by atoms with van der Waals surface area (Å²) in [6.07, 6.45) is 12.8. The lowest BCUT2D eigenvalue weighted by Gasteiger charge is -2.37. The zero-order valence-corrected chi connectivity index (χ0v) is 19.2. The Morgan fingerprint density at radius 3 is 2.60 bits per heavy atom. The summed E-state index contributed by atoms with van der Waals surface area (Å²) >= 11 is 1.75. The molecule has 5 nitrogen and oxygen atoms in total. The zero-order chi connectivity index (χ0) is 20.7. The quantitative estimate of drug-likeness (QED) is 0.744. The van der Waals surface area contributed by atoms with Crippen LogP contribution in [0, 0.1) is 5.92 Å². The van der Waals surface area contributed by atoms with Gasteiger partial charge in [-0.2, -0.15) is 0 Å². The smallest absolute Gasteiger partial charge is 0.259 e. The van der Waals surface area contributed by atoms with E-state index in [2.05, 4.69) is 23.7 Å². The molecule has 0 amide bonds. The predicted molar refractivity (Wildman–Crippen MR) is 122 cm³/mol. The van der Waals surface area contributed by atoms with Crippen molar-refractivity contribution in [3.05, 3.63) is 26.6 Å². The highest BCUT2D eigenvalue weighted by Gasteiger charge is 2.29. The number of rotatable bonds is 4. The van der Waals surface area contributed by atoms with E-state index in [1.807, 2.05) is 0 Å². The van der Waals surface area contributed by atoms with E-state index in [1.165, 1.54) is 49.0 Å². The van der Waals surface area contributed by atoms with E-state index in [0.717, 1.165) is 54.8 Å². The Labute approximate surface area is 183 Å². The Hall–Kier alpha value is -1.24. The second-order valence-electron chi connectivity index (χ2n) is 9.79. The number of thiophene rings is 1. The van der Waals surface area contributed by atoms with Crippen molar-refractivity contribution in [2.75, 3.05) is 13.1 Å². The van der Waals surface area contributed by atoms with Gasteiger partial charge in [0.25, 0.3) is 5.56 Å². The molecule has 1 N–H and O–H groups in total. The molecular weight excluding hydrogens is 394 g/mol. The summed E-state index contributed by atoms with van der Waals surface area (Å²) in [6.45, 7) is 6.51. The van der Waals surface area contributed by atoms with Crippen LogP contribution in [0.5, 0.6) is 0 Å². The van der Waals surface area contributed by atoms with Crippen LogP contribution in [0.15, 0.2) is 4.79 Å². The van der Waals surface area contributed by atoms with Gasteiger partial charge in [0.1, 0.15) is 10.7 Å². The molecule has 164 valence electrons. The first-order valence-electron chi connectivity index (χ1n) is 12.0. The number of ether oxygens (including phenoxy) is 1. The third-order valence-electron chi connectivity index (χ3n) is 7.54. The molecule has 0 bridgehead atoms. The number of nitrogens with one attached hydrogen (secondary N) is 1. The lowest BCUT2D eigenvalue weighted by atomic mass is 9.89. The number of hydrogen-bond acceptors (Lipinski definition) is 5. The minimum absolute atomic E-state index is 0.0596. The van der Waals surface area contributed by atoms with Crippen molar-refractivity contribution in [1.29, 1.82) is 0 Å². The Morgan fingerprint density at radius 1 is 1.10 bits per heavy atom. The van der Waals surface area contributed by atoms with Gasteiger partial charge in [-0.25, -0.2) is 4.98 Å². The molecule has 30 heavy (non-hydrogen) atoms. The molecule has 0 aromatic carbocycles. The number of aryl methyl sites for hydroxylation is 1. The number of aromatic nitrogens is 2. The SMILES string of the molecule is CC1CCc2c(sc3nc(C(C)N4CCC(OC5CCCCC5)CC4)[nH]c(=O)c23)C1. The number of piperidine rings is 1. The summed E-state index contributed by atoms with van der Waals surface area (Å²) in [7, 11) is 0. The van der Waals surface area contributed by atoms with Gasteiger partial charge in [-0.3, -0.25) is 9.69 Å². The van der Waals surface area contributed by atoms with Gasteiger partial charge in [0.2, 0.25) is 0 Å². The molecule has 1 saturated heterocycles. The van der Waals surface area contributed by atoms with E-state index in [4.69, 9.17) is 9.72 Å². The maximum atomic E-state index is 12.9. The molecule has 5 rings (SSSR count). The van der Waals surface area contributed by atoms with E-state index in [0.29, 0.717) is 18.1 Å². The third-order valence-corrected chi connectivity index (χ3v) is 8.69. The summed E-state index contributed by atoms with van der Waals surface area (Å²) in [5.74, 6) is 1.53.